The number of aryl methyl sites for hydroxylation is 1. The van der Waals surface area contributed by atoms with Crippen LogP contribution in [-0.4, -0.2) is 21.4 Å². The standard InChI is InChI=1S/C13H20N2O2S/c1-9-6-10(12(14)16)4-5-11(9)7-18(17)8-13(2,3)15/h4-6H,7-8,15H2,1-3H3,(H2,14,16). The summed E-state index contributed by atoms with van der Waals surface area (Å²) in [6.07, 6.45) is 0. The molecule has 0 aliphatic carbocycles. The van der Waals surface area contributed by atoms with Crippen LogP contribution in [0, 0.1) is 6.92 Å². The molecular weight excluding hydrogens is 248 g/mol. The van der Waals surface area contributed by atoms with Crippen LogP contribution in [0.5, 0.6) is 0 Å². The van der Waals surface area contributed by atoms with Gasteiger partial charge in [0.05, 0.1) is 0 Å². The van der Waals surface area contributed by atoms with Gasteiger partial charge in [0.15, 0.2) is 0 Å². The molecule has 0 spiro atoms. The first-order chi connectivity index (χ1) is 8.19. The van der Waals surface area contributed by atoms with E-state index in [1.165, 1.54) is 0 Å². The summed E-state index contributed by atoms with van der Waals surface area (Å²) in [5, 5.41) is 0. The molecule has 1 aromatic rings. The molecule has 0 saturated heterocycles. The Labute approximate surface area is 110 Å². The van der Waals surface area contributed by atoms with Gasteiger partial charge >= 0.3 is 0 Å². The van der Waals surface area contributed by atoms with Crippen LogP contribution in [0.25, 0.3) is 0 Å². The minimum Gasteiger partial charge on any atom is -0.366 e. The molecule has 18 heavy (non-hydrogen) atoms. The van der Waals surface area contributed by atoms with Gasteiger partial charge in [-0.3, -0.25) is 9.00 Å². The van der Waals surface area contributed by atoms with Crippen LogP contribution >= 0.6 is 0 Å². The Morgan fingerprint density at radius 3 is 2.44 bits per heavy atom. The van der Waals surface area contributed by atoms with E-state index in [1.807, 2.05) is 20.8 Å². The third-order valence-electron chi connectivity index (χ3n) is 2.48. The molecule has 0 saturated carbocycles. The van der Waals surface area contributed by atoms with Crippen LogP contribution in [0.2, 0.25) is 0 Å². The molecule has 1 amide bonds. The fraction of sp³-hybridized carbons (Fsp3) is 0.462. The second-order valence-corrected chi connectivity index (χ2v) is 6.68. The minimum atomic E-state index is -1.01. The summed E-state index contributed by atoms with van der Waals surface area (Å²) in [7, 11) is -1.01. The van der Waals surface area contributed by atoms with Crippen molar-refractivity contribution in [2.45, 2.75) is 32.1 Å². The van der Waals surface area contributed by atoms with Gasteiger partial charge in [0.25, 0.3) is 0 Å². The summed E-state index contributed by atoms with van der Waals surface area (Å²) in [5.74, 6) is 0.448. The molecule has 0 aliphatic heterocycles. The van der Waals surface area contributed by atoms with E-state index in [0.29, 0.717) is 17.1 Å². The molecule has 0 bridgehead atoms. The van der Waals surface area contributed by atoms with Crippen molar-refractivity contribution in [1.82, 2.24) is 0 Å². The van der Waals surface area contributed by atoms with Crippen molar-refractivity contribution in [1.29, 1.82) is 0 Å². The highest BCUT2D eigenvalue weighted by Crippen LogP contribution is 2.14. The lowest BCUT2D eigenvalue weighted by atomic mass is 10.1. The fourth-order valence-corrected chi connectivity index (χ4v) is 3.25. The van der Waals surface area contributed by atoms with Crippen molar-refractivity contribution in [3.63, 3.8) is 0 Å². The molecule has 1 atom stereocenters. The SMILES string of the molecule is Cc1cc(C(N)=O)ccc1CS(=O)CC(C)(C)N. The second-order valence-electron chi connectivity index (χ2n) is 5.22. The number of amides is 1. The van der Waals surface area contributed by atoms with Crippen molar-refractivity contribution >= 4 is 16.7 Å². The molecule has 100 valence electrons. The van der Waals surface area contributed by atoms with Crippen LogP contribution in [-0.2, 0) is 16.6 Å². The van der Waals surface area contributed by atoms with Gasteiger partial charge in [-0.25, -0.2) is 0 Å². The Bertz CT molecular complexity index is 478. The topological polar surface area (TPSA) is 86.2 Å². The van der Waals surface area contributed by atoms with E-state index in [9.17, 15) is 9.00 Å². The van der Waals surface area contributed by atoms with E-state index in [4.69, 9.17) is 11.5 Å². The average molecular weight is 268 g/mol. The molecule has 0 heterocycles. The first-order valence-electron chi connectivity index (χ1n) is 5.72. The van der Waals surface area contributed by atoms with E-state index >= 15 is 0 Å². The maximum absolute atomic E-state index is 11.9. The van der Waals surface area contributed by atoms with Gasteiger partial charge in [0.1, 0.15) is 0 Å². The predicted octanol–water partition coefficient (Wildman–Crippen LogP) is 1.08. The lowest BCUT2D eigenvalue weighted by Crippen LogP contribution is -2.38. The fourth-order valence-electron chi connectivity index (χ4n) is 1.65. The molecule has 4 nitrogen and oxygen atoms in total. The van der Waals surface area contributed by atoms with E-state index in [2.05, 4.69) is 0 Å². The highest BCUT2D eigenvalue weighted by atomic mass is 32.2. The van der Waals surface area contributed by atoms with Gasteiger partial charge in [-0.1, -0.05) is 6.07 Å². The average Bonchev–Trinajstić information content (AvgIpc) is 2.17. The number of rotatable bonds is 5. The van der Waals surface area contributed by atoms with Crippen molar-refractivity contribution in [2.24, 2.45) is 11.5 Å². The van der Waals surface area contributed by atoms with Crippen molar-refractivity contribution in [2.75, 3.05) is 5.75 Å². The Morgan fingerprint density at radius 2 is 2.00 bits per heavy atom. The summed E-state index contributed by atoms with van der Waals surface area (Å²) in [4.78, 5) is 11.0. The molecule has 1 rings (SSSR count). The van der Waals surface area contributed by atoms with Gasteiger partial charge < -0.3 is 11.5 Å². The second kappa shape index (κ2) is 5.63. The van der Waals surface area contributed by atoms with Crippen LogP contribution in [0.15, 0.2) is 18.2 Å². The maximum atomic E-state index is 11.9. The zero-order chi connectivity index (χ0) is 13.9. The summed E-state index contributed by atoms with van der Waals surface area (Å²) >= 11 is 0. The molecule has 0 fully saturated rings. The van der Waals surface area contributed by atoms with E-state index in [0.717, 1.165) is 11.1 Å². The van der Waals surface area contributed by atoms with Crippen LogP contribution in [0.4, 0.5) is 0 Å². The molecule has 0 radical (unpaired) electrons. The van der Waals surface area contributed by atoms with E-state index in [-0.39, 0.29) is 0 Å². The van der Waals surface area contributed by atoms with Crippen LogP contribution in [0.1, 0.15) is 35.3 Å². The van der Waals surface area contributed by atoms with Crippen molar-refractivity contribution in [3.8, 4) is 0 Å². The molecule has 4 N–H and O–H groups in total. The largest absolute Gasteiger partial charge is 0.366 e. The minimum absolute atomic E-state index is 0.439. The Hall–Kier alpha value is -1.20. The third-order valence-corrected chi connectivity index (χ3v) is 4.18. The Kier molecular flexibility index (Phi) is 4.65. The molecule has 0 aromatic heterocycles. The van der Waals surface area contributed by atoms with Gasteiger partial charge in [0.2, 0.25) is 5.91 Å². The maximum Gasteiger partial charge on any atom is 0.248 e. The zero-order valence-electron chi connectivity index (χ0n) is 11.0. The third kappa shape index (κ3) is 4.58. The van der Waals surface area contributed by atoms with Crippen LogP contribution < -0.4 is 11.5 Å². The monoisotopic (exact) mass is 268 g/mol. The number of hydrogen-bond donors (Lipinski definition) is 2. The quantitative estimate of drug-likeness (QED) is 0.837. The highest BCUT2D eigenvalue weighted by Gasteiger charge is 2.16. The molecule has 5 heteroatoms. The van der Waals surface area contributed by atoms with Gasteiger partial charge in [-0.15, -0.1) is 0 Å². The Morgan fingerprint density at radius 1 is 1.39 bits per heavy atom. The van der Waals surface area contributed by atoms with Crippen LogP contribution in [0.3, 0.4) is 0 Å². The van der Waals surface area contributed by atoms with E-state index in [1.54, 1.807) is 18.2 Å². The highest BCUT2D eigenvalue weighted by molar-refractivity contribution is 7.84. The summed E-state index contributed by atoms with van der Waals surface area (Å²) < 4.78 is 11.9. The Balaban J connectivity index is 2.80. The summed E-state index contributed by atoms with van der Waals surface area (Å²) in [6.45, 7) is 5.59. The van der Waals surface area contributed by atoms with Gasteiger partial charge in [-0.2, -0.15) is 0 Å². The summed E-state index contributed by atoms with van der Waals surface area (Å²) in [5.41, 5.74) is 13.0. The number of carbonyl (C=O) groups excluding carboxylic acids is 1. The first-order valence-corrected chi connectivity index (χ1v) is 7.21. The van der Waals surface area contributed by atoms with Gasteiger partial charge in [-0.05, 0) is 44.0 Å². The van der Waals surface area contributed by atoms with Crippen molar-refractivity contribution < 1.29 is 9.00 Å². The van der Waals surface area contributed by atoms with Crippen molar-refractivity contribution in [3.05, 3.63) is 34.9 Å². The first kappa shape index (κ1) is 14.9. The lowest BCUT2D eigenvalue weighted by molar-refractivity contribution is 0.1000. The molecular formula is C13H20N2O2S. The lowest BCUT2D eigenvalue weighted by Gasteiger charge is -2.18. The predicted molar refractivity (Wildman–Crippen MR) is 74.7 cm³/mol. The number of primary amides is 1. The number of nitrogens with two attached hydrogens (primary N) is 2. The normalized spacial score (nSPS) is 13.3. The molecule has 0 aliphatic rings. The molecule has 1 aromatic carbocycles. The number of hydrogen-bond acceptors (Lipinski definition) is 3. The van der Waals surface area contributed by atoms with Gasteiger partial charge in [0, 0.05) is 33.4 Å². The zero-order valence-corrected chi connectivity index (χ0v) is 11.8. The smallest absolute Gasteiger partial charge is 0.248 e. The molecule has 1 unspecified atom stereocenters. The number of carbonyl (C=O) groups is 1. The number of benzene rings is 1. The van der Waals surface area contributed by atoms with E-state index < -0.39 is 22.2 Å². The summed E-state index contributed by atoms with van der Waals surface area (Å²) in [6, 6.07) is 5.19.